The zero-order valence-corrected chi connectivity index (χ0v) is 18.0. The molecule has 4 rings (SSSR count). The highest BCUT2D eigenvalue weighted by Gasteiger charge is 2.50. The van der Waals surface area contributed by atoms with E-state index in [1.165, 1.54) is 18.2 Å². The van der Waals surface area contributed by atoms with Crippen molar-refractivity contribution in [3.8, 4) is 11.4 Å². The number of carbonyl (C=O) groups is 1. The predicted octanol–water partition coefficient (Wildman–Crippen LogP) is 3.88. The van der Waals surface area contributed by atoms with Gasteiger partial charge in [-0.15, -0.1) is 10.2 Å². The number of nitrogens with zero attached hydrogens (tertiary/aromatic N) is 5. The van der Waals surface area contributed by atoms with Crippen LogP contribution in [0.3, 0.4) is 0 Å². The quantitative estimate of drug-likeness (QED) is 0.714. The number of amides is 1. The molecule has 1 saturated heterocycles. The van der Waals surface area contributed by atoms with Crippen molar-refractivity contribution in [3.63, 3.8) is 0 Å². The van der Waals surface area contributed by atoms with Gasteiger partial charge in [0.25, 0.3) is 0 Å². The third-order valence-corrected chi connectivity index (χ3v) is 6.98. The number of thioether (sulfide) groups is 1. The average Bonchev–Trinajstić information content (AvgIpc) is 3.17. The van der Waals surface area contributed by atoms with Crippen LogP contribution >= 0.6 is 11.8 Å². The zero-order chi connectivity index (χ0) is 19.9. The molecule has 0 aromatic carbocycles. The fourth-order valence-electron chi connectivity index (χ4n) is 5.36. The van der Waals surface area contributed by atoms with E-state index in [0.717, 1.165) is 42.5 Å². The third kappa shape index (κ3) is 3.69. The SMILES string of the molecule is CCn1c(SCC(=O)N2C[C@]3(C)C[C@H]2CC(C)(C)C3)nnc1-c1ccncc1. The van der Waals surface area contributed by atoms with Gasteiger partial charge in [0.15, 0.2) is 11.0 Å². The summed E-state index contributed by atoms with van der Waals surface area (Å²) in [5, 5.41) is 9.51. The number of likely N-dealkylation sites (tertiary alicyclic amines) is 1. The van der Waals surface area contributed by atoms with Gasteiger partial charge >= 0.3 is 0 Å². The molecule has 7 heteroatoms. The first kappa shape index (κ1) is 19.4. The van der Waals surface area contributed by atoms with Gasteiger partial charge in [-0.25, -0.2) is 0 Å². The topological polar surface area (TPSA) is 63.9 Å². The van der Waals surface area contributed by atoms with Crippen molar-refractivity contribution < 1.29 is 4.79 Å². The molecule has 1 amide bonds. The van der Waals surface area contributed by atoms with Crippen LogP contribution in [0.5, 0.6) is 0 Å². The number of aromatic nitrogens is 4. The van der Waals surface area contributed by atoms with Crippen molar-refractivity contribution >= 4 is 17.7 Å². The molecule has 2 aromatic rings. The summed E-state index contributed by atoms with van der Waals surface area (Å²) >= 11 is 1.50. The number of hydrogen-bond donors (Lipinski definition) is 0. The van der Waals surface area contributed by atoms with Crippen LogP contribution < -0.4 is 0 Å². The van der Waals surface area contributed by atoms with Crippen LogP contribution in [-0.2, 0) is 11.3 Å². The van der Waals surface area contributed by atoms with Gasteiger partial charge in [-0.05, 0) is 49.1 Å². The number of pyridine rings is 1. The molecule has 2 fully saturated rings. The molecule has 2 atom stereocenters. The molecule has 6 nitrogen and oxygen atoms in total. The van der Waals surface area contributed by atoms with Crippen LogP contribution in [0.25, 0.3) is 11.4 Å². The van der Waals surface area contributed by atoms with Crippen LogP contribution in [0.1, 0.15) is 47.0 Å². The standard InChI is InChI=1S/C21H29N5OS/c1-5-25-18(15-6-8-22-9-7-15)23-24-19(25)28-12-17(27)26-14-21(4)11-16(26)10-20(2,3)13-21/h6-9,16H,5,10-14H2,1-4H3/t16-,21-/m1/s1. The maximum atomic E-state index is 13.0. The Bertz CT molecular complexity index is 865. The summed E-state index contributed by atoms with van der Waals surface area (Å²) in [6.07, 6.45) is 6.97. The largest absolute Gasteiger partial charge is 0.338 e. The van der Waals surface area contributed by atoms with E-state index < -0.39 is 0 Å². The molecule has 0 N–H and O–H groups in total. The van der Waals surface area contributed by atoms with E-state index >= 15 is 0 Å². The molecule has 1 aliphatic carbocycles. The van der Waals surface area contributed by atoms with E-state index in [1.807, 2.05) is 12.1 Å². The average molecular weight is 400 g/mol. The van der Waals surface area contributed by atoms with Crippen molar-refractivity contribution in [1.82, 2.24) is 24.6 Å². The van der Waals surface area contributed by atoms with E-state index in [9.17, 15) is 4.79 Å². The van der Waals surface area contributed by atoms with Gasteiger partial charge in [0.2, 0.25) is 5.91 Å². The fourth-order valence-corrected chi connectivity index (χ4v) is 6.24. The first-order chi connectivity index (χ1) is 13.3. The maximum Gasteiger partial charge on any atom is 0.233 e. The second-order valence-corrected chi connectivity index (χ2v) is 10.3. The summed E-state index contributed by atoms with van der Waals surface area (Å²) in [7, 11) is 0. The smallest absolute Gasteiger partial charge is 0.233 e. The highest BCUT2D eigenvalue weighted by molar-refractivity contribution is 7.99. The first-order valence-electron chi connectivity index (χ1n) is 10.1. The van der Waals surface area contributed by atoms with Crippen LogP contribution in [0.4, 0.5) is 0 Å². The molecule has 1 aliphatic heterocycles. The van der Waals surface area contributed by atoms with Crippen LogP contribution in [-0.4, -0.2) is 48.9 Å². The molecular formula is C21H29N5OS. The molecule has 2 aromatic heterocycles. The van der Waals surface area contributed by atoms with Gasteiger partial charge in [0.1, 0.15) is 0 Å². The highest BCUT2D eigenvalue weighted by Crippen LogP contribution is 2.52. The fraction of sp³-hybridized carbons (Fsp3) is 0.619. The van der Waals surface area contributed by atoms with Gasteiger partial charge in [0, 0.05) is 37.1 Å². The van der Waals surface area contributed by atoms with Crippen molar-refractivity contribution in [2.24, 2.45) is 10.8 Å². The Morgan fingerprint density at radius 3 is 2.68 bits per heavy atom. The summed E-state index contributed by atoms with van der Waals surface area (Å²) in [5.41, 5.74) is 1.58. The molecular weight excluding hydrogens is 370 g/mol. The number of rotatable bonds is 5. The molecule has 2 bridgehead atoms. The lowest BCUT2D eigenvalue weighted by Gasteiger charge is -2.39. The minimum Gasteiger partial charge on any atom is -0.338 e. The van der Waals surface area contributed by atoms with Crippen LogP contribution in [0.15, 0.2) is 29.7 Å². The van der Waals surface area contributed by atoms with E-state index in [1.54, 1.807) is 12.4 Å². The van der Waals surface area contributed by atoms with Gasteiger partial charge in [-0.2, -0.15) is 0 Å². The predicted molar refractivity (Wildman–Crippen MR) is 111 cm³/mol. The van der Waals surface area contributed by atoms with E-state index in [4.69, 9.17) is 0 Å². The Morgan fingerprint density at radius 1 is 1.21 bits per heavy atom. The monoisotopic (exact) mass is 399 g/mol. The van der Waals surface area contributed by atoms with E-state index in [2.05, 4.69) is 52.3 Å². The van der Waals surface area contributed by atoms with E-state index in [-0.39, 0.29) is 11.3 Å². The van der Waals surface area contributed by atoms with Gasteiger partial charge in [0.05, 0.1) is 5.75 Å². The summed E-state index contributed by atoms with van der Waals surface area (Å²) < 4.78 is 2.07. The van der Waals surface area contributed by atoms with Crippen molar-refractivity contribution in [3.05, 3.63) is 24.5 Å². The Morgan fingerprint density at radius 2 is 1.96 bits per heavy atom. The number of carbonyl (C=O) groups excluding carboxylic acids is 1. The van der Waals surface area contributed by atoms with Crippen molar-refractivity contribution in [1.29, 1.82) is 0 Å². The molecule has 2 aliphatic rings. The Balaban J connectivity index is 1.46. The van der Waals surface area contributed by atoms with Gasteiger partial charge in [-0.3, -0.25) is 9.78 Å². The molecule has 0 radical (unpaired) electrons. The summed E-state index contributed by atoms with van der Waals surface area (Å²) in [6.45, 7) is 10.8. The summed E-state index contributed by atoms with van der Waals surface area (Å²) in [4.78, 5) is 19.2. The number of hydrogen-bond acceptors (Lipinski definition) is 5. The van der Waals surface area contributed by atoms with Crippen LogP contribution in [0.2, 0.25) is 0 Å². The molecule has 28 heavy (non-hydrogen) atoms. The first-order valence-corrected chi connectivity index (χ1v) is 11.0. The van der Waals surface area contributed by atoms with Crippen LogP contribution in [0, 0.1) is 10.8 Å². The summed E-state index contributed by atoms with van der Waals surface area (Å²) in [6, 6.07) is 4.25. The third-order valence-electron chi connectivity index (χ3n) is 6.03. The normalized spacial score (nSPS) is 25.9. The zero-order valence-electron chi connectivity index (χ0n) is 17.2. The lowest BCUT2D eigenvalue weighted by atomic mass is 9.65. The Kier molecular flexibility index (Phi) is 4.98. The second kappa shape index (κ2) is 7.17. The van der Waals surface area contributed by atoms with Gasteiger partial charge in [-0.1, -0.05) is 32.5 Å². The lowest BCUT2D eigenvalue weighted by molar-refractivity contribution is -0.129. The van der Waals surface area contributed by atoms with Crippen molar-refractivity contribution in [2.45, 2.75) is 64.7 Å². The van der Waals surface area contributed by atoms with Gasteiger partial charge < -0.3 is 9.47 Å². The second-order valence-electron chi connectivity index (χ2n) is 9.31. The lowest BCUT2D eigenvalue weighted by Crippen LogP contribution is -2.38. The minimum atomic E-state index is 0.229. The molecule has 0 unspecified atom stereocenters. The molecule has 0 spiro atoms. The summed E-state index contributed by atoms with van der Waals surface area (Å²) in [5.74, 6) is 1.47. The Hall–Kier alpha value is -1.89. The maximum absolute atomic E-state index is 13.0. The Labute approximate surface area is 171 Å². The van der Waals surface area contributed by atoms with Crippen molar-refractivity contribution in [2.75, 3.05) is 12.3 Å². The molecule has 3 heterocycles. The number of fused-ring (bicyclic) bond motifs is 2. The highest BCUT2D eigenvalue weighted by atomic mass is 32.2. The van der Waals surface area contributed by atoms with E-state index in [0.29, 0.717) is 17.2 Å². The minimum absolute atomic E-state index is 0.229. The molecule has 150 valence electrons. The molecule has 1 saturated carbocycles.